The Morgan fingerprint density at radius 1 is 0.941 bits per heavy atom. The summed E-state index contributed by atoms with van der Waals surface area (Å²) in [6.45, 7) is 9.54. The molecule has 4 nitrogen and oxygen atoms in total. The van der Waals surface area contributed by atoms with Crippen molar-refractivity contribution >= 4 is 0 Å². The van der Waals surface area contributed by atoms with Gasteiger partial charge in [-0.15, -0.1) is 0 Å². The third-order valence-electron chi connectivity index (χ3n) is 3.27. The number of hydrogen-bond donors (Lipinski definition) is 0. The molecule has 2 aromatic rings. The van der Waals surface area contributed by atoms with Gasteiger partial charge in [0.15, 0.2) is 0 Å². The summed E-state index contributed by atoms with van der Waals surface area (Å²) >= 11 is 0. The summed E-state index contributed by atoms with van der Waals surface area (Å²) in [6, 6.07) is 0. The Morgan fingerprint density at radius 3 is 2.12 bits per heavy atom. The Hall–Kier alpha value is -1.58. The second-order valence-electron chi connectivity index (χ2n) is 4.21. The lowest BCUT2D eigenvalue weighted by Crippen LogP contribution is -2.40. The van der Waals surface area contributed by atoms with Crippen LogP contribution in [0.25, 0.3) is 11.6 Å². The van der Waals surface area contributed by atoms with Gasteiger partial charge in [-0.1, -0.05) is 0 Å². The predicted octanol–water partition coefficient (Wildman–Crippen LogP) is 1.13. The minimum atomic E-state index is 0.995. The molecule has 0 radical (unpaired) electrons. The third kappa shape index (κ3) is 1.88. The molecule has 0 aliphatic carbocycles. The van der Waals surface area contributed by atoms with Gasteiger partial charge in [0.1, 0.15) is 24.8 Å². The largest absolute Gasteiger partial charge is 0.373 e. The van der Waals surface area contributed by atoms with E-state index in [-0.39, 0.29) is 0 Å². The summed E-state index contributed by atoms with van der Waals surface area (Å²) in [5, 5.41) is 0. The summed E-state index contributed by atoms with van der Waals surface area (Å²) in [5.74, 6) is 2.55. The molecule has 4 heteroatoms. The second kappa shape index (κ2) is 4.73. The Bertz CT molecular complexity index is 486. The smallest absolute Gasteiger partial charge is 0.226 e. The fourth-order valence-electron chi connectivity index (χ4n) is 2.30. The van der Waals surface area contributed by atoms with Crippen LogP contribution in [-0.2, 0) is 26.7 Å². The molecule has 2 heterocycles. The van der Waals surface area contributed by atoms with Crippen LogP contribution in [-0.4, -0.2) is 9.13 Å². The topological polar surface area (TPSA) is 17.6 Å². The highest BCUT2D eigenvalue weighted by molar-refractivity contribution is 5.36. The van der Waals surface area contributed by atoms with Crippen LogP contribution in [0.15, 0.2) is 24.8 Å². The van der Waals surface area contributed by atoms with E-state index in [4.69, 9.17) is 0 Å². The maximum Gasteiger partial charge on any atom is 0.373 e. The zero-order chi connectivity index (χ0) is 12.4. The Labute approximate surface area is 103 Å². The van der Waals surface area contributed by atoms with Crippen LogP contribution in [0.1, 0.15) is 20.8 Å². The molecule has 0 fully saturated rings. The molecule has 0 atom stereocenters. The summed E-state index contributed by atoms with van der Waals surface area (Å²) in [6.07, 6.45) is 8.58. The number of hydrogen-bond acceptors (Lipinski definition) is 0. The molecule has 0 amide bonds. The molecular formula is C13H22N4+2. The number of aromatic nitrogens is 4. The van der Waals surface area contributed by atoms with Crippen molar-refractivity contribution in [1.29, 1.82) is 0 Å². The van der Waals surface area contributed by atoms with Gasteiger partial charge in [0.05, 0.1) is 26.7 Å². The van der Waals surface area contributed by atoms with E-state index in [1.807, 2.05) is 0 Å². The zero-order valence-electron chi connectivity index (χ0n) is 11.2. The van der Waals surface area contributed by atoms with Crippen LogP contribution in [0.2, 0.25) is 0 Å². The number of imidazole rings is 2. The maximum atomic E-state index is 2.30. The van der Waals surface area contributed by atoms with Gasteiger partial charge in [-0.05, 0) is 20.8 Å². The van der Waals surface area contributed by atoms with E-state index in [0.717, 1.165) is 19.6 Å². The second-order valence-corrected chi connectivity index (χ2v) is 4.21. The van der Waals surface area contributed by atoms with Crippen molar-refractivity contribution in [3.05, 3.63) is 24.8 Å². The molecular weight excluding hydrogens is 212 g/mol. The molecule has 17 heavy (non-hydrogen) atoms. The fraction of sp³-hybridized carbons (Fsp3) is 0.538. The van der Waals surface area contributed by atoms with Crippen LogP contribution >= 0.6 is 0 Å². The number of aryl methyl sites for hydroxylation is 4. The average molecular weight is 234 g/mol. The first kappa shape index (κ1) is 11.9. The van der Waals surface area contributed by atoms with Crippen molar-refractivity contribution in [2.45, 2.75) is 40.4 Å². The lowest BCUT2D eigenvalue weighted by molar-refractivity contribution is -0.703. The number of rotatable bonds is 4. The van der Waals surface area contributed by atoms with Crippen LogP contribution < -0.4 is 9.13 Å². The van der Waals surface area contributed by atoms with Gasteiger partial charge in [-0.2, -0.15) is 0 Å². The summed E-state index contributed by atoms with van der Waals surface area (Å²) in [5.41, 5.74) is 0. The maximum absolute atomic E-state index is 2.30. The first-order valence-corrected chi connectivity index (χ1v) is 6.36. The molecule has 2 aromatic heterocycles. The Kier molecular flexibility index (Phi) is 3.31. The molecule has 92 valence electrons. The van der Waals surface area contributed by atoms with Gasteiger partial charge in [0.2, 0.25) is 0 Å². The molecule has 0 unspecified atom stereocenters. The lowest BCUT2D eigenvalue weighted by Gasteiger charge is -2.01. The van der Waals surface area contributed by atoms with Crippen molar-refractivity contribution in [1.82, 2.24) is 9.13 Å². The molecule has 0 saturated carbocycles. The van der Waals surface area contributed by atoms with Crippen molar-refractivity contribution < 1.29 is 9.13 Å². The van der Waals surface area contributed by atoms with Crippen LogP contribution in [0, 0.1) is 0 Å². The van der Waals surface area contributed by atoms with Gasteiger partial charge in [0.25, 0.3) is 0 Å². The third-order valence-corrected chi connectivity index (χ3v) is 3.27. The molecule has 2 rings (SSSR count). The Balaban J connectivity index is 2.65. The first-order valence-electron chi connectivity index (χ1n) is 6.36. The van der Waals surface area contributed by atoms with Gasteiger partial charge >= 0.3 is 11.6 Å². The molecule has 0 aromatic carbocycles. The predicted molar refractivity (Wildman–Crippen MR) is 66.3 cm³/mol. The number of nitrogens with zero attached hydrogens (tertiary/aromatic N) is 4. The van der Waals surface area contributed by atoms with E-state index in [2.05, 4.69) is 70.9 Å². The van der Waals surface area contributed by atoms with E-state index in [1.54, 1.807) is 0 Å². The minimum absolute atomic E-state index is 0.995. The summed E-state index contributed by atoms with van der Waals surface area (Å²) in [4.78, 5) is 0. The van der Waals surface area contributed by atoms with E-state index < -0.39 is 0 Å². The molecule has 0 aliphatic rings. The highest BCUT2D eigenvalue weighted by Crippen LogP contribution is 2.12. The van der Waals surface area contributed by atoms with E-state index in [9.17, 15) is 0 Å². The van der Waals surface area contributed by atoms with Crippen molar-refractivity contribution in [2.24, 2.45) is 7.05 Å². The van der Waals surface area contributed by atoms with Crippen LogP contribution in [0.5, 0.6) is 0 Å². The van der Waals surface area contributed by atoms with Crippen molar-refractivity contribution in [2.75, 3.05) is 0 Å². The van der Waals surface area contributed by atoms with E-state index >= 15 is 0 Å². The van der Waals surface area contributed by atoms with Gasteiger partial charge in [0, 0.05) is 0 Å². The van der Waals surface area contributed by atoms with Gasteiger partial charge < -0.3 is 0 Å². The highest BCUT2D eigenvalue weighted by atomic mass is 15.2. The normalized spacial score (nSPS) is 11.1. The molecule has 0 bridgehead atoms. The minimum Gasteiger partial charge on any atom is -0.226 e. The van der Waals surface area contributed by atoms with E-state index in [1.165, 1.54) is 11.6 Å². The monoisotopic (exact) mass is 234 g/mol. The standard InChI is InChI=1S/C13H22N4/c1-5-15-9-8-14(4)12(15)13-16(6-2)10-11-17(13)7-3/h8-11H,5-7H2,1-4H3/q+2. The molecule has 0 saturated heterocycles. The summed E-state index contributed by atoms with van der Waals surface area (Å²) in [7, 11) is 2.11. The van der Waals surface area contributed by atoms with Crippen molar-refractivity contribution in [3.63, 3.8) is 0 Å². The lowest BCUT2D eigenvalue weighted by atomic mass is 10.4. The quantitative estimate of drug-likeness (QED) is 0.706. The molecule has 0 N–H and O–H groups in total. The van der Waals surface area contributed by atoms with Gasteiger partial charge in [-0.3, -0.25) is 0 Å². The van der Waals surface area contributed by atoms with Gasteiger partial charge in [-0.25, -0.2) is 18.3 Å². The van der Waals surface area contributed by atoms with Crippen LogP contribution in [0.3, 0.4) is 0 Å². The molecule has 0 aliphatic heterocycles. The SMILES string of the molecule is CCn1cc[n+](C)c1-c1n(CC)cc[n+]1CC. The first-order chi connectivity index (χ1) is 8.22. The zero-order valence-corrected chi connectivity index (χ0v) is 11.2. The Morgan fingerprint density at radius 2 is 1.53 bits per heavy atom. The highest BCUT2D eigenvalue weighted by Gasteiger charge is 2.29. The summed E-state index contributed by atoms with van der Waals surface area (Å²) < 4.78 is 9.07. The van der Waals surface area contributed by atoms with Crippen molar-refractivity contribution in [3.8, 4) is 11.6 Å². The average Bonchev–Trinajstić information content (AvgIpc) is 2.90. The van der Waals surface area contributed by atoms with E-state index in [0.29, 0.717) is 0 Å². The molecule has 0 spiro atoms. The fourth-order valence-corrected chi connectivity index (χ4v) is 2.30. The van der Waals surface area contributed by atoms with Crippen LogP contribution in [0.4, 0.5) is 0 Å².